The molecular weight excluding hydrogens is 451 g/mol. The molecule has 0 radical (unpaired) electrons. The molecule has 9 nitrogen and oxygen atoms in total. The van der Waals surface area contributed by atoms with Crippen molar-refractivity contribution in [2.75, 3.05) is 24.8 Å². The fourth-order valence-electron chi connectivity index (χ4n) is 2.32. The second kappa shape index (κ2) is 7.83. The van der Waals surface area contributed by atoms with Gasteiger partial charge in [-0.05, 0) is 41.6 Å². The number of benzene rings is 1. The van der Waals surface area contributed by atoms with Gasteiger partial charge in [0.2, 0.25) is 11.8 Å². The average Bonchev–Trinajstić information content (AvgIpc) is 2.56. The Bertz CT molecular complexity index is 993. The largest absolute Gasteiger partial charge is 0.436 e. The molecule has 1 atom stereocenters. The third-order valence-electron chi connectivity index (χ3n) is 3.39. The third-order valence-corrected chi connectivity index (χ3v) is 3.94. The standard InChI is InChI=1S/C16H17IN6O3/c1-8(7-25-2)19-16-21-11(17)6-12(22-16)26-10-5-3-4-9-13(10)23-14(18)15(24)20-9/h3-6,8H,7H2,1-2H3,(H2,18,23)(H,20,24)(H,19,21,22). The van der Waals surface area contributed by atoms with Crippen LogP contribution >= 0.6 is 22.6 Å². The lowest BCUT2D eigenvalue weighted by Crippen LogP contribution is -2.22. The first-order valence-corrected chi connectivity index (χ1v) is 8.80. The Hall–Kier alpha value is -2.47. The predicted octanol–water partition coefficient (Wildman–Crippen LogP) is 2.14. The van der Waals surface area contributed by atoms with Crippen molar-refractivity contribution in [1.82, 2.24) is 19.9 Å². The van der Waals surface area contributed by atoms with E-state index in [0.29, 0.717) is 38.9 Å². The van der Waals surface area contributed by atoms with Crippen molar-refractivity contribution in [2.24, 2.45) is 0 Å². The fourth-order valence-corrected chi connectivity index (χ4v) is 2.81. The molecule has 0 saturated carbocycles. The highest BCUT2D eigenvalue weighted by Crippen LogP contribution is 2.27. The summed E-state index contributed by atoms with van der Waals surface area (Å²) in [6, 6.07) is 6.93. The van der Waals surface area contributed by atoms with Crippen molar-refractivity contribution in [2.45, 2.75) is 13.0 Å². The van der Waals surface area contributed by atoms with E-state index in [1.807, 2.05) is 6.92 Å². The number of halogens is 1. The number of nitrogens with one attached hydrogen (secondary N) is 2. The van der Waals surface area contributed by atoms with Gasteiger partial charge in [0.25, 0.3) is 5.56 Å². The minimum atomic E-state index is -0.440. The molecule has 136 valence electrons. The quantitative estimate of drug-likeness (QED) is 0.371. The SMILES string of the molecule is COCC(C)Nc1nc(I)cc(Oc2cccc3[nH]c(=O)c(N)nc23)n1. The number of ether oxygens (including phenoxy) is 2. The lowest BCUT2D eigenvalue weighted by atomic mass is 10.3. The maximum Gasteiger partial charge on any atom is 0.290 e. The number of anilines is 2. The van der Waals surface area contributed by atoms with Crippen LogP contribution in [0.5, 0.6) is 11.6 Å². The summed E-state index contributed by atoms with van der Waals surface area (Å²) in [5.41, 5.74) is 6.15. The molecule has 0 amide bonds. The molecule has 0 aliphatic heterocycles. The molecule has 3 aromatic rings. The highest BCUT2D eigenvalue weighted by atomic mass is 127. The molecule has 0 aliphatic rings. The summed E-state index contributed by atoms with van der Waals surface area (Å²) < 4.78 is 11.7. The van der Waals surface area contributed by atoms with Crippen molar-refractivity contribution < 1.29 is 9.47 Å². The van der Waals surface area contributed by atoms with Gasteiger partial charge in [0.1, 0.15) is 9.22 Å². The number of aromatic nitrogens is 4. The number of nitrogens with zero attached hydrogens (tertiary/aromatic N) is 3. The fraction of sp³-hybridized carbons (Fsp3) is 0.250. The molecular formula is C16H17IN6O3. The van der Waals surface area contributed by atoms with E-state index in [0.717, 1.165) is 0 Å². The van der Waals surface area contributed by atoms with Gasteiger partial charge in [-0.1, -0.05) is 6.07 Å². The van der Waals surface area contributed by atoms with Gasteiger partial charge >= 0.3 is 0 Å². The van der Waals surface area contributed by atoms with Crippen LogP contribution in [-0.4, -0.2) is 39.7 Å². The molecule has 0 saturated heterocycles. The summed E-state index contributed by atoms with van der Waals surface area (Å²) in [4.78, 5) is 27.1. The molecule has 1 unspecified atom stereocenters. The molecule has 10 heteroatoms. The molecule has 0 spiro atoms. The molecule has 0 aliphatic carbocycles. The van der Waals surface area contributed by atoms with Crippen LogP contribution in [0.3, 0.4) is 0 Å². The van der Waals surface area contributed by atoms with Crippen molar-refractivity contribution in [3.63, 3.8) is 0 Å². The minimum absolute atomic E-state index is 0.0372. The summed E-state index contributed by atoms with van der Waals surface area (Å²) in [7, 11) is 1.63. The summed E-state index contributed by atoms with van der Waals surface area (Å²) in [5.74, 6) is 1.07. The van der Waals surface area contributed by atoms with Gasteiger partial charge in [-0.2, -0.15) is 4.98 Å². The second-order valence-electron chi connectivity index (χ2n) is 5.56. The Labute approximate surface area is 162 Å². The Balaban J connectivity index is 1.94. The molecule has 4 N–H and O–H groups in total. The van der Waals surface area contributed by atoms with Gasteiger partial charge in [-0.3, -0.25) is 4.79 Å². The van der Waals surface area contributed by atoms with E-state index in [-0.39, 0.29) is 11.9 Å². The van der Waals surface area contributed by atoms with Crippen LogP contribution in [0.25, 0.3) is 11.0 Å². The van der Waals surface area contributed by atoms with Crippen LogP contribution in [0.2, 0.25) is 0 Å². The average molecular weight is 468 g/mol. The van der Waals surface area contributed by atoms with Crippen molar-refractivity contribution in [3.05, 3.63) is 38.3 Å². The van der Waals surface area contributed by atoms with Gasteiger partial charge in [0.05, 0.1) is 12.1 Å². The van der Waals surface area contributed by atoms with Crippen LogP contribution in [0.4, 0.5) is 11.8 Å². The molecule has 2 heterocycles. The van der Waals surface area contributed by atoms with E-state index < -0.39 is 5.56 Å². The molecule has 1 aromatic carbocycles. The number of hydrogen-bond donors (Lipinski definition) is 3. The maximum atomic E-state index is 11.6. The summed E-state index contributed by atoms with van der Waals surface area (Å²) >= 11 is 2.08. The van der Waals surface area contributed by atoms with Crippen molar-refractivity contribution in [1.29, 1.82) is 0 Å². The summed E-state index contributed by atoms with van der Waals surface area (Å²) in [6.45, 7) is 2.48. The second-order valence-corrected chi connectivity index (χ2v) is 6.66. The Morgan fingerprint density at radius 2 is 2.15 bits per heavy atom. The summed E-state index contributed by atoms with van der Waals surface area (Å²) in [6.07, 6.45) is 0. The third kappa shape index (κ3) is 4.19. The zero-order valence-corrected chi connectivity index (χ0v) is 16.3. The molecule has 0 fully saturated rings. The Morgan fingerprint density at radius 1 is 1.35 bits per heavy atom. The smallest absolute Gasteiger partial charge is 0.290 e. The van der Waals surface area contributed by atoms with E-state index in [2.05, 4.69) is 47.8 Å². The number of H-pyrrole nitrogens is 1. The molecule has 26 heavy (non-hydrogen) atoms. The van der Waals surface area contributed by atoms with E-state index in [1.165, 1.54) is 0 Å². The number of nitrogen functional groups attached to an aromatic ring is 1. The summed E-state index contributed by atoms with van der Waals surface area (Å²) in [5, 5.41) is 3.15. The number of methoxy groups -OCH3 is 1. The van der Waals surface area contributed by atoms with E-state index >= 15 is 0 Å². The van der Waals surface area contributed by atoms with Gasteiger partial charge in [-0.15, -0.1) is 0 Å². The van der Waals surface area contributed by atoms with Crippen LogP contribution in [-0.2, 0) is 4.74 Å². The number of nitrogens with two attached hydrogens (primary N) is 1. The predicted molar refractivity (Wildman–Crippen MR) is 107 cm³/mol. The topological polar surface area (TPSA) is 128 Å². The zero-order valence-electron chi connectivity index (χ0n) is 14.1. The van der Waals surface area contributed by atoms with Crippen LogP contribution in [0, 0.1) is 3.70 Å². The van der Waals surface area contributed by atoms with E-state index in [1.54, 1.807) is 31.4 Å². The number of para-hydroxylation sites is 1. The lowest BCUT2D eigenvalue weighted by molar-refractivity contribution is 0.190. The van der Waals surface area contributed by atoms with Crippen LogP contribution in [0.1, 0.15) is 6.92 Å². The number of aromatic amines is 1. The lowest BCUT2D eigenvalue weighted by Gasteiger charge is -2.14. The van der Waals surface area contributed by atoms with Crippen molar-refractivity contribution in [3.8, 4) is 11.6 Å². The first kappa shape index (κ1) is 18.3. The Morgan fingerprint density at radius 3 is 2.92 bits per heavy atom. The van der Waals surface area contributed by atoms with Crippen LogP contribution in [0.15, 0.2) is 29.1 Å². The molecule has 3 rings (SSSR count). The van der Waals surface area contributed by atoms with Gasteiger partial charge < -0.3 is 25.5 Å². The molecule has 0 bridgehead atoms. The number of fused-ring (bicyclic) bond motifs is 1. The first-order valence-electron chi connectivity index (χ1n) is 7.72. The number of hydrogen-bond acceptors (Lipinski definition) is 8. The normalized spacial score (nSPS) is 12.1. The van der Waals surface area contributed by atoms with Crippen molar-refractivity contribution >= 4 is 45.4 Å². The zero-order chi connectivity index (χ0) is 18.7. The molecule has 2 aromatic heterocycles. The first-order chi connectivity index (χ1) is 12.5. The van der Waals surface area contributed by atoms with Gasteiger partial charge in [0.15, 0.2) is 11.6 Å². The van der Waals surface area contributed by atoms with Gasteiger partial charge in [0, 0.05) is 19.2 Å². The number of rotatable bonds is 6. The maximum absolute atomic E-state index is 11.6. The highest BCUT2D eigenvalue weighted by molar-refractivity contribution is 14.1. The monoisotopic (exact) mass is 468 g/mol. The van der Waals surface area contributed by atoms with E-state index in [9.17, 15) is 4.79 Å². The van der Waals surface area contributed by atoms with Gasteiger partial charge in [-0.25, -0.2) is 9.97 Å². The van der Waals surface area contributed by atoms with Crippen LogP contribution < -0.4 is 21.3 Å². The van der Waals surface area contributed by atoms with E-state index in [4.69, 9.17) is 15.2 Å². The minimum Gasteiger partial charge on any atom is -0.436 e. The highest BCUT2D eigenvalue weighted by Gasteiger charge is 2.12. The Kier molecular flexibility index (Phi) is 5.52.